The summed E-state index contributed by atoms with van der Waals surface area (Å²) in [6.45, 7) is 8.30. The van der Waals surface area contributed by atoms with Gasteiger partial charge in [-0.25, -0.2) is 4.79 Å². The zero-order valence-electron chi connectivity index (χ0n) is 19.7. The number of benzene rings is 1. The van der Waals surface area contributed by atoms with Crippen molar-refractivity contribution in [2.75, 3.05) is 19.4 Å². The van der Waals surface area contributed by atoms with Gasteiger partial charge in [-0.15, -0.1) is 0 Å². The molecule has 0 fully saturated rings. The Morgan fingerprint density at radius 3 is 2.18 bits per heavy atom. The van der Waals surface area contributed by atoms with Crippen LogP contribution in [0.15, 0.2) is 18.2 Å². The van der Waals surface area contributed by atoms with E-state index in [0.29, 0.717) is 5.56 Å². The van der Waals surface area contributed by atoms with Crippen LogP contribution in [0.3, 0.4) is 0 Å². The van der Waals surface area contributed by atoms with Crippen LogP contribution in [-0.2, 0) is 23.9 Å². The molecule has 2 unspecified atom stereocenters. The Kier molecular flexibility index (Phi) is 10.3. The molecule has 0 bridgehead atoms. The molecule has 0 aliphatic heterocycles. The summed E-state index contributed by atoms with van der Waals surface area (Å²) >= 11 is 4.15. The first-order valence-electron chi connectivity index (χ1n) is 10.1. The van der Waals surface area contributed by atoms with Gasteiger partial charge in [-0.2, -0.15) is 12.6 Å². The highest BCUT2D eigenvalue weighted by atomic mass is 32.1. The second kappa shape index (κ2) is 12.2. The van der Waals surface area contributed by atoms with Gasteiger partial charge in [0.2, 0.25) is 5.91 Å². The molecule has 0 aromatic heterocycles. The van der Waals surface area contributed by atoms with Gasteiger partial charge in [0, 0.05) is 11.8 Å². The van der Waals surface area contributed by atoms with Crippen molar-refractivity contribution in [2.45, 2.75) is 52.3 Å². The maximum Gasteiger partial charge on any atom is 0.408 e. The van der Waals surface area contributed by atoms with E-state index < -0.39 is 48.1 Å². The normalized spacial score (nSPS) is 12.5. The second-order valence-corrected chi connectivity index (χ2v) is 8.70. The lowest BCUT2D eigenvalue weighted by atomic mass is 9.99. The number of carbonyl (C=O) groups is 4. The first kappa shape index (κ1) is 27.8. The standard InChI is InChI=1S/C23H31N3O6S/c1-8-26(21(29)17(13-33)25-22(30)32-23(4,5)6)19(20(28)24-12-18(27)31-7)16-10-14(2)9-15(3)11-16/h1,9-11,17,19,33H,12-13H2,2-7H3,(H,24,28)(H,25,30). The van der Waals surface area contributed by atoms with Crippen LogP contribution in [-0.4, -0.2) is 59.8 Å². The molecule has 10 heteroatoms. The summed E-state index contributed by atoms with van der Waals surface area (Å²) in [5, 5.41) is 4.87. The van der Waals surface area contributed by atoms with Gasteiger partial charge in [-0.05, 0) is 40.2 Å². The van der Waals surface area contributed by atoms with E-state index in [1.54, 1.807) is 32.9 Å². The van der Waals surface area contributed by atoms with Gasteiger partial charge >= 0.3 is 12.1 Å². The van der Waals surface area contributed by atoms with Gasteiger partial charge in [0.25, 0.3) is 5.91 Å². The maximum atomic E-state index is 13.3. The summed E-state index contributed by atoms with van der Waals surface area (Å²) in [5.74, 6) is -2.19. The first-order valence-corrected chi connectivity index (χ1v) is 10.8. The predicted molar refractivity (Wildman–Crippen MR) is 126 cm³/mol. The van der Waals surface area contributed by atoms with E-state index in [1.165, 1.54) is 7.11 Å². The Morgan fingerprint density at radius 1 is 1.15 bits per heavy atom. The fourth-order valence-corrected chi connectivity index (χ4v) is 3.23. The van der Waals surface area contributed by atoms with Crippen LogP contribution < -0.4 is 10.6 Å². The van der Waals surface area contributed by atoms with Crippen molar-refractivity contribution in [1.82, 2.24) is 15.5 Å². The molecule has 9 nitrogen and oxygen atoms in total. The molecule has 0 saturated carbocycles. The lowest BCUT2D eigenvalue weighted by Gasteiger charge is -2.30. The molecule has 0 heterocycles. The Labute approximate surface area is 200 Å². The van der Waals surface area contributed by atoms with Crippen LogP contribution in [0.5, 0.6) is 0 Å². The highest BCUT2D eigenvalue weighted by molar-refractivity contribution is 7.80. The quantitative estimate of drug-likeness (QED) is 0.228. The van der Waals surface area contributed by atoms with Crippen LogP contribution in [0, 0.1) is 26.3 Å². The van der Waals surface area contributed by atoms with Crippen molar-refractivity contribution < 1.29 is 28.7 Å². The number of amides is 3. The predicted octanol–water partition coefficient (Wildman–Crippen LogP) is 1.88. The average molecular weight is 478 g/mol. The molecular formula is C23H31N3O6S. The van der Waals surface area contributed by atoms with Crippen LogP contribution >= 0.6 is 12.6 Å². The highest BCUT2D eigenvalue weighted by Gasteiger charge is 2.35. The van der Waals surface area contributed by atoms with Crippen molar-refractivity contribution in [1.29, 1.82) is 0 Å². The zero-order valence-corrected chi connectivity index (χ0v) is 20.6. The van der Waals surface area contributed by atoms with Gasteiger partial charge < -0.3 is 20.1 Å². The minimum Gasteiger partial charge on any atom is -0.468 e. The van der Waals surface area contributed by atoms with Crippen molar-refractivity contribution in [3.8, 4) is 12.5 Å². The Balaban J connectivity index is 3.32. The van der Waals surface area contributed by atoms with Gasteiger partial charge in [-0.1, -0.05) is 35.7 Å². The second-order valence-electron chi connectivity index (χ2n) is 8.34. The highest BCUT2D eigenvalue weighted by Crippen LogP contribution is 2.24. The molecule has 1 aromatic rings. The van der Waals surface area contributed by atoms with E-state index in [1.807, 2.05) is 19.9 Å². The van der Waals surface area contributed by atoms with Crippen LogP contribution in [0.1, 0.15) is 43.5 Å². The summed E-state index contributed by atoms with van der Waals surface area (Å²) in [7, 11) is 1.19. The molecule has 3 amide bonds. The van der Waals surface area contributed by atoms with Crippen LogP contribution in [0.25, 0.3) is 0 Å². The number of hydrogen-bond acceptors (Lipinski definition) is 7. The fraction of sp³-hybridized carbons (Fsp3) is 0.478. The van der Waals surface area contributed by atoms with Gasteiger partial charge in [-0.3, -0.25) is 19.3 Å². The van der Waals surface area contributed by atoms with Crippen LogP contribution in [0.4, 0.5) is 4.79 Å². The first-order chi connectivity index (χ1) is 15.3. The topological polar surface area (TPSA) is 114 Å². The largest absolute Gasteiger partial charge is 0.468 e. The number of alkyl carbamates (subject to hydrolysis) is 1. The van der Waals surface area contributed by atoms with Crippen LogP contribution in [0.2, 0.25) is 0 Å². The smallest absolute Gasteiger partial charge is 0.408 e. The van der Waals surface area contributed by atoms with E-state index >= 15 is 0 Å². The third kappa shape index (κ3) is 8.69. The van der Waals surface area contributed by atoms with Gasteiger partial charge in [0.05, 0.1) is 7.11 Å². The van der Waals surface area contributed by atoms with Crippen molar-refractivity contribution in [3.05, 3.63) is 34.9 Å². The Bertz CT molecular complexity index is 915. The van der Waals surface area contributed by atoms with Crippen molar-refractivity contribution in [3.63, 3.8) is 0 Å². The molecule has 0 saturated heterocycles. The van der Waals surface area contributed by atoms with E-state index in [4.69, 9.17) is 11.2 Å². The number of hydrogen-bond donors (Lipinski definition) is 3. The molecule has 180 valence electrons. The number of rotatable bonds is 8. The third-order valence-corrected chi connectivity index (χ3v) is 4.61. The molecule has 0 aliphatic rings. The molecular weight excluding hydrogens is 446 g/mol. The number of aryl methyl sites for hydroxylation is 2. The number of esters is 1. The number of nitrogens with one attached hydrogen (secondary N) is 2. The molecule has 0 aliphatic carbocycles. The molecule has 33 heavy (non-hydrogen) atoms. The van der Waals surface area contributed by atoms with E-state index in [2.05, 4.69) is 34.0 Å². The molecule has 1 aromatic carbocycles. The number of nitrogens with zero attached hydrogens (tertiary/aromatic N) is 1. The van der Waals surface area contributed by atoms with E-state index in [-0.39, 0.29) is 5.75 Å². The molecule has 0 radical (unpaired) electrons. The SMILES string of the molecule is C#CN(C(=O)C(CS)NC(=O)OC(C)(C)C)C(C(=O)NCC(=O)OC)c1cc(C)cc(C)c1. The summed E-state index contributed by atoms with van der Waals surface area (Å²) in [5.41, 5.74) is 1.35. The maximum absolute atomic E-state index is 13.3. The fourth-order valence-electron chi connectivity index (χ4n) is 2.98. The summed E-state index contributed by atoms with van der Waals surface area (Å²) < 4.78 is 9.75. The molecule has 1 rings (SSSR count). The summed E-state index contributed by atoms with van der Waals surface area (Å²) in [4.78, 5) is 50.9. The molecule has 2 N–H and O–H groups in total. The van der Waals surface area contributed by atoms with Crippen molar-refractivity contribution >= 4 is 36.5 Å². The summed E-state index contributed by atoms with van der Waals surface area (Å²) in [6.07, 6.45) is 4.82. The van der Waals surface area contributed by atoms with Gasteiger partial charge in [0.15, 0.2) is 0 Å². The minimum atomic E-state index is -1.27. The Morgan fingerprint density at radius 2 is 1.73 bits per heavy atom. The number of thiol groups is 1. The Hall–Kier alpha value is -3.19. The van der Waals surface area contributed by atoms with E-state index in [0.717, 1.165) is 16.0 Å². The molecule has 0 spiro atoms. The number of carbonyl (C=O) groups excluding carboxylic acids is 4. The number of methoxy groups -OCH3 is 1. The third-order valence-electron chi connectivity index (χ3n) is 4.25. The average Bonchev–Trinajstić information content (AvgIpc) is 2.71. The number of terminal acetylenes is 1. The monoisotopic (exact) mass is 477 g/mol. The van der Waals surface area contributed by atoms with E-state index in [9.17, 15) is 19.2 Å². The lowest BCUT2D eigenvalue weighted by molar-refractivity contribution is -0.142. The lowest BCUT2D eigenvalue weighted by Crippen LogP contribution is -2.52. The van der Waals surface area contributed by atoms with Crippen molar-refractivity contribution in [2.24, 2.45) is 0 Å². The number of ether oxygens (including phenoxy) is 2. The summed E-state index contributed by atoms with van der Waals surface area (Å²) in [6, 6.07) is 5.13. The van der Waals surface area contributed by atoms with Gasteiger partial charge in [0.1, 0.15) is 24.2 Å². The molecule has 2 atom stereocenters. The zero-order chi connectivity index (χ0) is 25.3. The minimum absolute atomic E-state index is 0.0976.